The molecule has 0 spiro atoms. The summed E-state index contributed by atoms with van der Waals surface area (Å²) in [5.74, 6) is 0.512. The number of likely N-dealkylation sites (tertiary alicyclic amines) is 1. The van der Waals surface area contributed by atoms with Crippen LogP contribution in [0.1, 0.15) is 62.4 Å². The Hall–Kier alpha value is -2.38. The lowest BCUT2D eigenvalue weighted by Crippen LogP contribution is -2.42. The van der Waals surface area contributed by atoms with E-state index in [4.69, 9.17) is 4.74 Å². The van der Waals surface area contributed by atoms with Crippen molar-refractivity contribution in [2.75, 3.05) is 25.0 Å². The lowest BCUT2D eigenvalue weighted by molar-refractivity contribution is 0.0921. The Labute approximate surface area is 160 Å². The molecule has 0 atom stereocenters. The number of carbonyl (C=O) groups excluding carboxylic acids is 2. The summed E-state index contributed by atoms with van der Waals surface area (Å²) >= 11 is 0. The van der Waals surface area contributed by atoms with Crippen LogP contribution in [-0.2, 0) is 4.74 Å². The van der Waals surface area contributed by atoms with Crippen LogP contribution < -0.4 is 10.6 Å². The molecule has 1 saturated carbocycles. The Morgan fingerprint density at radius 3 is 2.56 bits per heavy atom. The van der Waals surface area contributed by atoms with E-state index >= 15 is 0 Å². The van der Waals surface area contributed by atoms with Gasteiger partial charge in [0.25, 0.3) is 5.91 Å². The van der Waals surface area contributed by atoms with Crippen molar-refractivity contribution in [2.45, 2.75) is 64.0 Å². The molecule has 1 aliphatic heterocycles. The SMILES string of the molecule is CCOC(=O)N1CCC(Nc2cc(C(=O)NC3CCCCC3)ncn2)CC1. The smallest absolute Gasteiger partial charge is 0.409 e. The van der Waals surface area contributed by atoms with Crippen LogP contribution >= 0.6 is 0 Å². The van der Waals surface area contributed by atoms with Gasteiger partial charge in [-0.05, 0) is 32.6 Å². The Morgan fingerprint density at radius 2 is 1.85 bits per heavy atom. The largest absolute Gasteiger partial charge is 0.450 e. The molecule has 8 nitrogen and oxygen atoms in total. The predicted molar refractivity (Wildman–Crippen MR) is 102 cm³/mol. The van der Waals surface area contributed by atoms with Crippen molar-refractivity contribution < 1.29 is 14.3 Å². The van der Waals surface area contributed by atoms with E-state index in [-0.39, 0.29) is 24.1 Å². The summed E-state index contributed by atoms with van der Waals surface area (Å²) in [6.07, 6.45) is 8.48. The number of amides is 2. The average Bonchev–Trinajstić information content (AvgIpc) is 2.70. The lowest BCUT2D eigenvalue weighted by Gasteiger charge is -2.31. The van der Waals surface area contributed by atoms with E-state index in [1.807, 2.05) is 6.92 Å². The van der Waals surface area contributed by atoms with Crippen LogP contribution in [0.25, 0.3) is 0 Å². The first-order valence-corrected chi connectivity index (χ1v) is 9.97. The summed E-state index contributed by atoms with van der Waals surface area (Å²) in [6, 6.07) is 2.17. The molecule has 1 aromatic rings. The first kappa shape index (κ1) is 19.4. The summed E-state index contributed by atoms with van der Waals surface area (Å²) in [5, 5.41) is 6.44. The molecular weight excluding hydrogens is 346 g/mol. The molecule has 8 heteroatoms. The van der Waals surface area contributed by atoms with Gasteiger partial charge in [0.15, 0.2) is 0 Å². The quantitative estimate of drug-likeness (QED) is 0.821. The molecular formula is C19H29N5O3. The molecule has 0 aromatic carbocycles. The summed E-state index contributed by atoms with van der Waals surface area (Å²) in [4.78, 5) is 34.3. The number of aromatic nitrogens is 2. The lowest BCUT2D eigenvalue weighted by atomic mass is 9.95. The van der Waals surface area contributed by atoms with Crippen LogP contribution in [0.15, 0.2) is 12.4 Å². The van der Waals surface area contributed by atoms with Crippen molar-refractivity contribution in [3.05, 3.63) is 18.1 Å². The number of hydrogen-bond acceptors (Lipinski definition) is 6. The molecule has 1 saturated heterocycles. The summed E-state index contributed by atoms with van der Waals surface area (Å²) in [5.41, 5.74) is 0.391. The predicted octanol–water partition coefficient (Wildman–Crippen LogP) is 2.57. The number of anilines is 1. The van der Waals surface area contributed by atoms with Gasteiger partial charge >= 0.3 is 6.09 Å². The first-order valence-electron chi connectivity index (χ1n) is 9.97. The zero-order valence-corrected chi connectivity index (χ0v) is 15.9. The minimum absolute atomic E-state index is 0.135. The maximum Gasteiger partial charge on any atom is 0.409 e. The second-order valence-corrected chi connectivity index (χ2v) is 7.20. The van der Waals surface area contributed by atoms with Crippen LogP contribution in [0.5, 0.6) is 0 Å². The maximum atomic E-state index is 12.4. The third kappa shape index (κ3) is 5.55. The molecule has 0 radical (unpaired) electrons. The molecule has 27 heavy (non-hydrogen) atoms. The van der Waals surface area contributed by atoms with E-state index in [9.17, 15) is 9.59 Å². The van der Waals surface area contributed by atoms with Crippen LogP contribution in [0.3, 0.4) is 0 Å². The van der Waals surface area contributed by atoms with Gasteiger partial charge in [0.05, 0.1) is 6.61 Å². The second kappa shape index (κ2) is 9.53. The standard InChI is InChI=1S/C19H29N5O3/c1-2-27-19(26)24-10-8-15(9-11-24)22-17-12-16(20-13-21-17)18(25)23-14-6-4-3-5-7-14/h12-15H,2-11H2,1H3,(H,23,25)(H,20,21,22). The van der Waals surface area contributed by atoms with Gasteiger partial charge in [0.1, 0.15) is 17.8 Å². The van der Waals surface area contributed by atoms with E-state index in [1.165, 1.54) is 25.6 Å². The molecule has 2 fully saturated rings. The topological polar surface area (TPSA) is 96.5 Å². The molecule has 2 N–H and O–H groups in total. The minimum atomic E-state index is -0.250. The van der Waals surface area contributed by atoms with E-state index in [0.717, 1.165) is 25.7 Å². The van der Waals surface area contributed by atoms with E-state index in [0.29, 0.717) is 31.2 Å². The molecule has 0 unspecified atom stereocenters. The van der Waals surface area contributed by atoms with Crippen LogP contribution in [0.2, 0.25) is 0 Å². The van der Waals surface area contributed by atoms with Gasteiger partial charge in [-0.3, -0.25) is 4.79 Å². The fourth-order valence-electron chi connectivity index (χ4n) is 3.70. The van der Waals surface area contributed by atoms with E-state index in [2.05, 4.69) is 20.6 Å². The highest BCUT2D eigenvalue weighted by molar-refractivity contribution is 5.93. The maximum absolute atomic E-state index is 12.4. The fourth-order valence-corrected chi connectivity index (χ4v) is 3.70. The zero-order valence-electron chi connectivity index (χ0n) is 15.9. The van der Waals surface area contributed by atoms with Crippen molar-refractivity contribution in [1.82, 2.24) is 20.2 Å². The number of hydrogen-bond donors (Lipinski definition) is 2. The van der Waals surface area contributed by atoms with Gasteiger partial charge in [-0.15, -0.1) is 0 Å². The zero-order chi connectivity index (χ0) is 19.1. The second-order valence-electron chi connectivity index (χ2n) is 7.20. The van der Waals surface area contributed by atoms with Crippen LogP contribution in [0, 0.1) is 0 Å². The number of rotatable bonds is 5. The van der Waals surface area contributed by atoms with Crippen LogP contribution in [0.4, 0.5) is 10.6 Å². The van der Waals surface area contributed by atoms with Gasteiger partial charge in [-0.1, -0.05) is 19.3 Å². The third-order valence-corrected chi connectivity index (χ3v) is 5.21. The highest BCUT2D eigenvalue weighted by Crippen LogP contribution is 2.19. The van der Waals surface area contributed by atoms with E-state index < -0.39 is 0 Å². The average molecular weight is 375 g/mol. The first-order chi connectivity index (χ1) is 13.2. The Morgan fingerprint density at radius 1 is 1.11 bits per heavy atom. The number of ether oxygens (including phenoxy) is 1. The van der Waals surface area contributed by atoms with Gasteiger partial charge in [0, 0.05) is 31.2 Å². The summed E-state index contributed by atoms with van der Waals surface area (Å²) in [7, 11) is 0. The normalized spacial score (nSPS) is 18.8. The summed E-state index contributed by atoms with van der Waals surface area (Å²) < 4.78 is 5.04. The van der Waals surface area contributed by atoms with Crippen LogP contribution in [-0.4, -0.2) is 58.6 Å². The molecule has 148 valence electrons. The molecule has 2 amide bonds. The highest BCUT2D eigenvalue weighted by atomic mass is 16.6. The van der Waals surface area contributed by atoms with Gasteiger partial charge in [-0.2, -0.15) is 0 Å². The van der Waals surface area contributed by atoms with Crippen molar-refractivity contribution in [2.24, 2.45) is 0 Å². The molecule has 3 rings (SSSR count). The highest BCUT2D eigenvalue weighted by Gasteiger charge is 2.24. The molecule has 2 heterocycles. The monoisotopic (exact) mass is 375 g/mol. The Bertz CT molecular complexity index is 640. The van der Waals surface area contributed by atoms with Crippen molar-refractivity contribution in [3.63, 3.8) is 0 Å². The molecule has 1 aliphatic carbocycles. The van der Waals surface area contributed by atoms with Gasteiger partial charge in [-0.25, -0.2) is 14.8 Å². The summed E-state index contributed by atoms with van der Waals surface area (Å²) in [6.45, 7) is 3.50. The number of nitrogens with zero attached hydrogens (tertiary/aromatic N) is 3. The van der Waals surface area contributed by atoms with E-state index in [1.54, 1.807) is 11.0 Å². The van der Waals surface area contributed by atoms with Crippen molar-refractivity contribution in [1.29, 1.82) is 0 Å². The number of piperidine rings is 1. The molecule has 2 aliphatic rings. The van der Waals surface area contributed by atoms with Crippen molar-refractivity contribution in [3.8, 4) is 0 Å². The fraction of sp³-hybridized carbons (Fsp3) is 0.684. The number of carbonyl (C=O) groups is 2. The third-order valence-electron chi connectivity index (χ3n) is 5.21. The minimum Gasteiger partial charge on any atom is -0.450 e. The number of nitrogens with one attached hydrogen (secondary N) is 2. The Balaban J connectivity index is 1.50. The molecule has 0 bridgehead atoms. The van der Waals surface area contributed by atoms with Crippen molar-refractivity contribution >= 4 is 17.8 Å². The Kier molecular flexibility index (Phi) is 6.84. The molecule has 1 aromatic heterocycles. The van der Waals surface area contributed by atoms with Gasteiger partial charge in [0.2, 0.25) is 0 Å². The van der Waals surface area contributed by atoms with Gasteiger partial charge < -0.3 is 20.3 Å².